The Morgan fingerprint density at radius 2 is 2.36 bits per heavy atom. The third-order valence-electron chi connectivity index (χ3n) is 1.10. The van der Waals surface area contributed by atoms with Crippen LogP contribution < -0.4 is 5.32 Å². The summed E-state index contributed by atoms with van der Waals surface area (Å²) >= 11 is 0. The maximum absolute atomic E-state index is 10.6. The number of methoxy groups -OCH3 is 1. The Bertz CT molecular complexity index is 116. The van der Waals surface area contributed by atoms with Gasteiger partial charge < -0.3 is 10.1 Å². The molecular weight excluding hydrogens is 148 g/mol. The lowest BCUT2D eigenvalue weighted by atomic mass is 10.4. The maximum Gasteiger partial charge on any atom is 0.340 e. The number of nitrogens with zero attached hydrogens (tertiary/aromatic N) is 1. The van der Waals surface area contributed by atoms with Crippen LogP contribution in [0, 0.1) is 0 Å². The normalized spacial score (nSPS) is 9.36. The Morgan fingerprint density at radius 1 is 1.73 bits per heavy atom. The summed E-state index contributed by atoms with van der Waals surface area (Å²) in [6, 6.07) is -0.499. The van der Waals surface area contributed by atoms with Gasteiger partial charge in [0.2, 0.25) is 0 Å². The predicted octanol–water partition coefficient (Wildman–Crippen LogP) is 0.0535. The number of carbonyl (C=O) groups excluding carboxylic acids is 1. The van der Waals surface area contributed by atoms with Crippen molar-refractivity contribution in [2.75, 3.05) is 27.3 Å². The number of nitrogens with one attached hydrogen (secondary N) is 1. The number of urea groups is 1. The fourth-order valence-electron chi connectivity index (χ4n) is 0.526. The molecule has 0 fully saturated rings. The molecule has 0 bridgehead atoms. The van der Waals surface area contributed by atoms with Crippen LogP contribution in [0.15, 0.2) is 0 Å². The summed E-state index contributed by atoms with van der Waals surface area (Å²) in [5.41, 5.74) is 0. The molecular formula is C6H14N2O3. The number of hydrogen-bond acceptors (Lipinski definition) is 3. The van der Waals surface area contributed by atoms with Crippen LogP contribution in [0.4, 0.5) is 4.79 Å². The van der Waals surface area contributed by atoms with E-state index >= 15 is 0 Å². The molecule has 0 atom stereocenters. The van der Waals surface area contributed by atoms with E-state index in [-0.39, 0.29) is 0 Å². The topological polar surface area (TPSA) is 61.8 Å². The number of rotatable bonds is 4. The van der Waals surface area contributed by atoms with Crippen LogP contribution in [0.3, 0.4) is 0 Å². The van der Waals surface area contributed by atoms with Gasteiger partial charge in [0.05, 0.1) is 0 Å². The van der Waals surface area contributed by atoms with Gasteiger partial charge in [0, 0.05) is 27.3 Å². The maximum atomic E-state index is 10.6. The summed E-state index contributed by atoms with van der Waals surface area (Å²) in [5.74, 6) is 0. The third-order valence-corrected chi connectivity index (χ3v) is 1.10. The first kappa shape index (κ1) is 10.2. The molecule has 0 aliphatic rings. The summed E-state index contributed by atoms with van der Waals surface area (Å²) in [4.78, 5) is 10.6. The average Bonchev–Trinajstić information content (AvgIpc) is 1.97. The zero-order valence-electron chi connectivity index (χ0n) is 6.83. The largest absolute Gasteiger partial charge is 0.385 e. The number of ether oxygens (including phenoxy) is 1. The molecule has 66 valence electrons. The van der Waals surface area contributed by atoms with Crippen LogP contribution in [0.2, 0.25) is 0 Å². The lowest BCUT2D eigenvalue weighted by molar-refractivity contribution is -0.0183. The van der Waals surface area contributed by atoms with Crippen molar-refractivity contribution < 1.29 is 14.7 Å². The predicted molar refractivity (Wildman–Crippen MR) is 39.4 cm³/mol. The molecule has 0 heterocycles. The van der Waals surface area contributed by atoms with Gasteiger partial charge in [-0.2, -0.15) is 0 Å². The van der Waals surface area contributed by atoms with Gasteiger partial charge in [-0.3, -0.25) is 5.21 Å². The van der Waals surface area contributed by atoms with Gasteiger partial charge in [0.25, 0.3) is 0 Å². The summed E-state index contributed by atoms with van der Waals surface area (Å²) in [6.45, 7) is 1.12. The zero-order chi connectivity index (χ0) is 8.69. The molecule has 0 rings (SSSR count). The minimum Gasteiger partial charge on any atom is -0.385 e. The van der Waals surface area contributed by atoms with E-state index in [1.807, 2.05) is 0 Å². The van der Waals surface area contributed by atoms with Crippen molar-refractivity contribution in [3.8, 4) is 0 Å². The summed E-state index contributed by atoms with van der Waals surface area (Å²) in [7, 11) is 2.87. The Hall–Kier alpha value is -0.810. The van der Waals surface area contributed by atoms with E-state index in [9.17, 15) is 4.79 Å². The highest BCUT2D eigenvalue weighted by atomic mass is 16.5. The summed E-state index contributed by atoms with van der Waals surface area (Å²) < 4.78 is 4.76. The lowest BCUT2D eigenvalue weighted by Crippen LogP contribution is -2.35. The molecule has 2 N–H and O–H groups in total. The lowest BCUT2D eigenvalue weighted by Gasteiger charge is -2.09. The highest BCUT2D eigenvalue weighted by Gasteiger charge is 2.01. The summed E-state index contributed by atoms with van der Waals surface area (Å²) in [6.07, 6.45) is 0.746. The molecule has 11 heavy (non-hydrogen) atoms. The number of amides is 2. The van der Waals surface area contributed by atoms with E-state index < -0.39 is 6.03 Å². The first-order chi connectivity index (χ1) is 5.18. The van der Waals surface area contributed by atoms with Gasteiger partial charge in [-0.1, -0.05) is 0 Å². The minimum absolute atomic E-state index is 0.499. The second-order valence-electron chi connectivity index (χ2n) is 2.10. The van der Waals surface area contributed by atoms with Gasteiger partial charge in [0.15, 0.2) is 0 Å². The molecule has 2 amide bonds. The van der Waals surface area contributed by atoms with Gasteiger partial charge in [-0.15, -0.1) is 0 Å². The van der Waals surface area contributed by atoms with Gasteiger partial charge >= 0.3 is 6.03 Å². The van der Waals surface area contributed by atoms with E-state index in [0.29, 0.717) is 18.2 Å². The fraction of sp³-hybridized carbons (Fsp3) is 0.833. The molecule has 0 unspecified atom stereocenters. The van der Waals surface area contributed by atoms with Crippen molar-refractivity contribution in [1.82, 2.24) is 10.4 Å². The molecule has 0 saturated carbocycles. The van der Waals surface area contributed by atoms with Crippen LogP contribution in [-0.4, -0.2) is 43.6 Å². The summed E-state index contributed by atoms with van der Waals surface area (Å²) in [5, 5.41) is 11.5. The van der Waals surface area contributed by atoms with E-state index in [4.69, 9.17) is 9.94 Å². The first-order valence-electron chi connectivity index (χ1n) is 3.38. The number of hydroxylamine groups is 2. The molecule has 0 radical (unpaired) electrons. The van der Waals surface area contributed by atoms with Crippen LogP contribution >= 0.6 is 0 Å². The fourth-order valence-corrected chi connectivity index (χ4v) is 0.526. The Balaban J connectivity index is 3.18. The molecule has 0 aromatic carbocycles. The van der Waals surface area contributed by atoms with Crippen LogP contribution in [0.25, 0.3) is 0 Å². The molecule has 5 heteroatoms. The molecule has 0 aromatic heterocycles. The Kier molecular flexibility index (Phi) is 5.50. The van der Waals surface area contributed by atoms with Crippen LogP contribution in [0.5, 0.6) is 0 Å². The number of hydrogen-bond donors (Lipinski definition) is 2. The Labute approximate surface area is 65.9 Å². The van der Waals surface area contributed by atoms with E-state index in [0.717, 1.165) is 6.42 Å². The van der Waals surface area contributed by atoms with Crippen molar-refractivity contribution in [3.05, 3.63) is 0 Å². The SMILES string of the molecule is COCCCNC(=O)N(C)O. The quantitative estimate of drug-likeness (QED) is 0.349. The van der Waals surface area contributed by atoms with E-state index in [2.05, 4.69) is 5.32 Å². The van der Waals surface area contributed by atoms with E-state index in [1.165, 1.54) is 7.05 Å². The minimum atomic E-state index is -0.499. The van der Waals surface area contributed by atoms with Gasteiger partial charge in [0.1, 0.15) is 0 Å². The van der Waals surface area contributed by atoms with Gasteiger partial charge in [-0.25, -0.2) is 9.86 Å². The monoisotopic (exact) mass is 162 g/mol. The average molecular weight is 162 g/mol. The van der Waals surface area contributed by atoms with Gasteiger partial charge in [-0.05, 0) is 6.42 Å². The van der Waals surface area contributed by atoms with E-state index in [1.54, 1.807) is 7.11 Å². The molecule has 0 aliphatic carbocycles. The first-order valence-corrected chi connectivity index (χ1v) is 3.38. The third kappa shape index (κ3) is 5.63. The second kappa shape index (κ2) is 5.94. The van der Waals surface area contributed by atoms with Crippen LogP contribution in [0.1, 0.15) is 6.42 Å². The molecule has 0 aliphatic heterocycles. The standard InChI is InChI=1S/C6H14N2O3/c1-8(10)6(9)7-4-3-5-11-2/h10H,3-5H2,1-2H3,(H,7,9). The number of carbonyl (C=O) groups is 1. The smallest absolute Gasteiger partial charge is 0.340 e. The zero-order valence-corrected chi connectivity index (χ0v) is 6.83. The second-order valence-corrected chi connectivity index (χ2v) is 2.10. The van der Waals surface area contributed by atoms with Crippen molar-refractivity contribution >= 4 is 6.03 Å². The molecule has 0 aromatic rings. The highest BCUT2D eigenvalue weighted by Crippen LogP contribution is 1.79. The highest BCUT2D eigenvalue weighted by molar-refractivity contribution is 5.72. The molecule has 0 saturated heterocycles. The van der Waals surface area contributed by atoms with Crippen molar-refractivity contribution in [1.29, 1.82) is 0 Å². The molecule has 0 spiro atoms. The Morgan fingerprint density at radius 3 is 2.82 bits per heavy atom. The van der Waals surface area contributed by atoms with Crippen molar-refractivity contribution in [2.45, 2.75) is 6.42 Å². The van der Waals surface area contributed by atoms with Crippen molar-refractivity contribution in [2.24, 2.45) is 0 Å². The van der Waals surface area contributed by atoms with Crippen molar-refractivity contribution in [3.63, 3.8) is 0 Å². The van der Waals surface area contributed by atoms with Crippen LogP contribution in [-0.2, 0) is 4.74 Å². The molecule has 5 nitrogen and oxygen atoms in total.